The summed E-state index contributed by atoms with van der Waals surface area (Å²) in [5.74, 6) is 0. The Morgan fingerprint density at radius 1 is 1.17 bits per heavy atom. The quantitative estimate of drug-likeness (QED) is 0.699. The number of rotatable bonds is 10. The fourth-order valence-corrected chi connectivity index (χ4v) is 2.77. The van der Waals surface area contributed by atoms with Crippen molar-refractivity contribution in [3.05, 3.63) is 29.5 Å². The summed E-state index contributed by atoms with van der Waals surface area (Å²) in [6, 6.07) is 3.96. The number of nitrogens with zero attached hydrogens (tertiary/aromatic N) is 2. The molecule has 0 fully saturated rings. The molecule has 0 radical (unpaired) electrons. The fourth-order valence-electron chi connectivity index (χ4n) is 2.77. The zero-order valence-corrected chi connectivity index (χ0v) is 14.2. The lowest BCUT2D eigenvalue weighted by atomic mass is 9.98. The van der Waals surface area contributed by atoms with Gasteiger partial charge in [-0.3, -0.25) is 10.00 Å². The highest BCUT2D eigenvalue weighted by atomic mass is 16.5. The van der Waals surface area contributed by atoms with Crippen molar-refractivity contribution in [2.45, 2.75) is 19.4 Å². The molecule has 1 aromatic heterocycles. The third-order valence-corrected chi connectivity index (χ3v) is 4.24. The number of fused-ring (bicyclic) bond motifs is 1. The highest BCUT2D eigenvalue weighted by Gasteiger charge is 2.15. The van der Waals surface area contributed by atoms with Gasteiger partial charge < -0.3 is 14.6 Å². The molecule has 1 heterocycles. The summed E-state index contributed by atoms with van der Waals surface area (Å²) < 4.78 is 10.3. The molecular formula is C17H27N3O3. The summed E-state index contributed by atoms with van der Waals surface area (Å²) in [4.78, 5) is 2.25. The predicted octanol–water partition coefficient (Wildman–Crippen LogP) is 1.89. The van der Waals surface area contributed by atoms with Gasteiger partial charge in [0.25, 0.3) is 0 Å². The van der Waals surface area contributed by atoms with Gasteiger partial charge in [0.2, 0.25) is 0 Å². The van der Waals surface area contributed by atoms with Gasteiger partial charge in [0.05, 0.1) is 31.0 Å². The highest BCUT2D eigenvalue weighted by molar-refractivity contribution is 5.82. The van der Waals surface area contributed by atoms with Crippen LogP contribution >= 0.6 is 0 Å². The number of aliphatic hydroxyl groups excluding tert-OH is 1. The molecule has 0 aliphatic heterocycles. The molecule has 1 aromatic carbocycles. The van der Waals surface area contributed by atoms with Gasteiger partial charge in [-0.25, -0.2) is 0 Å². The van der Waals surface area contributed by atoms with Crippen LogP contribution in [0.25, 0.3) is 10.9 Å². The molecule has 0 aliphatic carbocycles. The highest BCUT2D eigenvalue weighted by Crippen LogP contribution is 2.26. The Morgan fingerprint density at radius 2 is 1.87 bits per heavy atom. The minimum absolute atomic E-state index is 0.484. The number of aromatic amines is 1. The Labute approximate surface area is 137 Å². The standard InChI is InChI=1S/C17H27N3O3/c1-13-14(4-5-16-15(13)12-18-19-16)17(21)6-7-20(8-10-22-2)9-11-23-3/h4-5,12,17,21H,6-11H2,1-3H3,(H,18,19). The molecule has 2 aromatic rings. The molecule has 0 amide bonds. The van der Waals surface area contributed by atoms with Crippen LogP contribution in [0, 0.1) is 6.92 Å². The lowest BCUT2D eigenvalue weighted by molar-refractivity contribution is 0.0944. The number of hydrogen-bond acceptors (Lipinski definition) is 5. The van der Waals surface area contributed by atoms with E-state index in [-0.39, 0.29) is 0 Å². The molecule has 2 rings (SSSR count). The third-order valence-electron chi connectivity index (χ3n) is 4.24. The van der Waals surface area contributed by atoms with Crippen LogP contribution in [-0.2, 0) is 9.47 Å². The first-order valence-corrected chi connectivity index (χ1v) is 7.98. The number of hydrogen-bond donors (Lipinski definition) is 2. The minimum atomic E-state index is -0.484. The van der Waals surface area contributed by atoms with Crippen molar-refractivity contribution in [2.75, 3.05) is 47.1 Å². The molecule has 0 bridgehead atoms. The molecule has 128 valence electrons. The molecule has 1 unspecified atom stereocenters. The zero-order valence-electron chi connectivity index (χ0n) is 14.2. The van der Waals surface area contributed by atoms with Crippen LogP contribution < -0.4 is 0 Å². The number of methoxy groups -OCH3 is 2. The van der Waals surface area contributed by atoms with Crippen LogP contribution in [-0.4, -0.2) is 67.3 Å². The monoisotopic (exact) mass is 321 g/mol. The van der Waals surface area contributed by atoms with E-state index in [9.17, 15) is 5.11 Å². The van der Waals surface area contributed by atoms with E-state index in [1.54, 1.807) is 14.2 Å². The maximum Gasteiger partial charge on any atom is 0.0805 e. The first-order valence-electron chi connectivity index (χ1n) is 7.98. The number of aliphatic hydroxyl groups is 1. The van der Waals surface area contributed by atoms with E-state index in [1.807, 2.05) is 25.3 Å². The molecule has 6 nitrogen and oxygen atoms in total. The van der Waals surface area contributed by atoms with Gasteiger partial charge in [-0.05, 0) is 30.5 Å². The summed E-state index contributed by atoms with van der Waals surface area (Å²) >= 11 is 0. The first kappa shape index (κ1) is 17.9. The molecule has 23 heavy (non-hydrogen) atoms. The minimum Gasteiger partial charge on any atom is -0.388 e. The van der Waals surface area contributed by atoms with Crippen molar-refractivity contribution < 1.29 is 14.6 Å². The van der Waals surface area contributed by atoms with Gasteiger partial charge in [0.15, 0.2) is 0 Å². The lowest BCUT2D eigenvalue weighted by Crippen LogP contribution is -2.32. The number of benzene rings is 1. The molecule has 0 spiro atoms. The Balaban J connectivity index is 1.98. The average Bonchev–Trinajstić information content (AvgIpc) is 3.04. The Morgan fingerprint density at radius 3 is 2.52 bits per heavy atom. The Hall–Kier alpha value is -1.47. The van der Waals surface area contributed by atoms with Crippen LogP contribution in [0.15, 0.2) is 18.3 Å². The fraction of sp³-hybridized carbons (Fsp3) is 0.588. The lowest BCUT2D eigenvalue weighted by Gasteiger charge is -2.23. The van der Waals surface area contributed by atoms with E-state index >= 15 is 0 Å². The normalized spacial score (nSPS) is 13.1. The number of H-pyrrole nitrogens is 1. The van der Waals surface area contributed by atoms with Crippen molar-refractivity contribution in [1.29, 1.82) is 0 Å². The van der Waals surface area contributed by atoms with E-state index in [0.29, 0.717) is 19.6 Å². The molecule has 0 aliphatic rings. The molecular weight excluding hydrogens is 294 g/mol. The van der Waals surface area contributed by atoms with Crippen molar-refractivity contribution in [2.24, 2.45) is 0 Å². The van der Waals surface area contributed by atoms with Crippen molar-refractivity contribution in [3.8, 4) is 0 Å². The van der Waals surface area contributed by atoms with Crippen LogP contribution in [0.3, 0.4) is 0 Å². The topological polar surface area (TPSA) is 70.6 Å². The van der Waals surface area contributed by atoms with E-state index < -0.39 is 6.10 Å². The summed E-state index contributed by atoms with van der Waals surface area (Å²) in [7, 11) is 3.40. The van der Waals surface area contributed by atoms with Gasteiger partial charge in [0, 0.05) is 39.2 Å². The summed E-state index contributed by atoms with van der Waals surface area (Å²) in [5, 5.41) is 18.7. The van der Waals surface area contributed by atoms with Crippen molar-refractivity contribution >= 4 is 10.9 Å². The Bertz CT molecular complexity index is 592. The van der Waals surface area contributed by atoms with Crippen LogP contribution in [0.2, 0.25) is 0 Å². The van der Waals surface area contributed by atoms with Gasteiger partial charge in [-0.15, -0.1) is 0 Å². The van der Waals surface area contributed by atoms with Crippen LogP contribution in [0.4, 0.5) is 0 Å². The number of nitrogens with one attached hydrogen (secondary N) is 1. The number of aryl methyl sites for hydroxylation is 1. The summed E-state index contributed by atoms with van der Waals surface area (Å²) in [6.45, 7) is 5.87. The third kappa shape index (κ3) is 4.75. The molecule has 6 heteroatoms. The van der Waals surface area contributed by atoms with Crippen molar-refractivity contribution in [1.82, 2.24) is 15.1 Å². The van der Waals surface area contributed by atoms with Crippen LogP contribution in [0.5, 0.6) is 0 Å². The summed E-state index contributed by atoms with van der Waals surface area (Å²) in [5.41, 5.74) is 3.06. The SMILES string of the molecule is COCCN(CCOC)CCC(O)c1ccc2[nH]ncc2c1C. The van der Waals surface area contributed by atoms with Gasteiger partial charge in [-0.2, -0.15) is 5.10 Å². The van der Waals surface area contributed by atoms with Gasteiger partial charge >= 0.3 is 0 Å². The number of aromatic nitrogens is 2. The molecule has 1 atom stereocenters. The predicted molar refractivity (Wildman–Crippen MR) is 90.6 cm³/mol. The zero-order chi connectivity index (χ0) is 16.7. The molecule has 0 saturated heterocycles. The van der Waals surface area contributed by atoms with E-state index in [2.05, 4.69) is 15.1 Å². The van der Waals surface area contributed by atoms with Gasteiger partial charge in [0.1, 0.15) is 0 Å². The smallest absolute Gasteiger partial charge is 0.0805 e. The maximum atomic E-state index is 10.6. The largest absolute Gasteiger partial charge is 0.388 e. The first-order chi connectivity index (χ1) is 11.2. The second-order valence-corrected chi connectivity index (χ2v) is 5.74. The van der Waals surface area contributed by atoms with Crippen LogP contribution in [0.1, 0.15) is 23.7 Å². The number of ether oxygens (including phenoxy) is 2. The van der Waals surface area contributed by atoms with E-state index in [1.165, 1.54) is 0 Å². The second-order valence-electron chi connectivity index (χ2n) is 5.74. The molecule has 0 saturated carbocycles. The Kier molecular flexibility index (Phi) is 6.98. The maximum absolute atomic E-state index is 10.6. The summed E-state index contributed by atoms with van der Waals surface area (Å²) in [6.07, 6.45) is 2.00. The molecule has 2 N–H and O–H groups in total. The van der Waals surface area contributed by atoms with Crippen molar-refractivity contribution in [3.63, 3.8) is 0 Å². The van der Waals surface area contributed by atoms with E-state index in [4.69, 9.17) is 9.47 Å². The second kappa shape index (κ2) is 8.98. The average molecular weight is 321 g/mol. The van der Waals surface area contributed by atoms with Gasteiger partial charge in [-0.1, -0.05) is 6.07 Å². The van der Waals surface area contributed by atoms with E-state index in [0.717, 1.165) is 41.7 Å².